The van der Waals surface area contributed by atoms with E-state index in [1.165, 1.54) is 0 Å². The van der Waals surface area contributed by atoms with E-state index in [1.54, 1.807) is 0 Å². The van der Waals surface area contributed by atoms with Crippen LogP contribution in [0.2, 0.25) is 0 Å². The summed E-state index contributed by atoms with van der Waals surface area (Å²) in [6, 6.07) is 0.479. The van der Waals surface area contributed by atoms with Gasteiger partial charge in [-0.05, 0) is 20.3 Å². The van der Waals surface area contributed by atoms with Crippen molar-refractivity contribution in [2.45, 2.75) is 44.6 Å². The zero-order valence-electron chi connectivity index (χ0n) is 8.56. The lowest BCUT2D eigenvalue weighted by Crippen LogP contribution is -2.55. The standard InChI is InChI=1S/C9H17NO3S/c1-6-3-9(7(2)13-6)10-8-4-14(11,12)5-8/h6-10H,3-5H2,1-2H3. The van der Waals surface area contributed by atoms with Gasteiger partial charge in [-0.15, -0.1) is 0 Å². The van der Waals surface area contributed by atoms with Crippen LogP contribution in [0.1, 0.15) is 20.3 Å². The van der Waals surface area contributed by atoms with Crippen LogP contribution in [-0.4, -0.2) is 44.2 Å². The molecule has 0 aromatic carbocycles. The van der Waals surface area contributed by atoms with E-state index < -0.39 is 9.84 Å². The molecule has 2 heterocycles. The first-order valence-corrected chi connectivity index (χ1v) is 6.90. The van der Waals surface area contributed by atoms with Crippen LogP contribution in [0.25, 0.3) is 0 Å². The van der Waals surface area contributed by atoms with Crippen LogP contribution in [0, 0.1) is 0 Å². The highest BCUT2D eigenvalue weighted by Gasteiger charge is 2.38. The summed E-state index contributed by atoms with van der Waals surface area (Å²) in [5.41, 5.74) is 0. The molecular formula is C9H17NO3S. The largest absolute Gasteiger partial charge is 0.374 e. The molecule has 2 saturated heterocycles. The topological polar surface area (TPSA) is 55.4 Å². The van der Waals surface area contributed by atoms with Crippen molar-refractivity contribution in [1.82, 2.24) is 5.32 Å². The number of ether oxygens (including phenoxy) is 1. The minimum Gasteiger partial charge on any atom is -0.374 e. The molecule has 14 heavy (non-hydrogen) atoms. The average Bonchev–Trinajstić information content (AvgIpc) is 2.26. The van der Waals surface area contributed by atoms with Crippen LogP contribution in [0.5, 0.6) is 0 Å². The van der Waals surface area contributed by atoms with E-state index in [0.717, 1.165) is 6.42 Å². The second-order valence-electron chi connectivity index (χ2n) is 4.43. The maximum atomic E-state index is 10.9. The Labute approximate surface area is 84.9 Å². The molecule has 2 aliphatic rings. The molecule has 0 radical (unpaired) electrons. The highest BCUT2D eigenvalue weighted by atomic mass is 32.2. The molecule has 2 aliphatic heterocycles. The minimum atomic E-state index is -2.71. The highest BCUT2D eigenvalue weighted by molar-refractivity contribution is 7.92. The Bertz CT molecular complexity index is 302. The van der Waals surface area contributed by atoms with Gasteiger partial charge in [-0.25, -0.2) is 8.42 Å². The van der Waals surface area contributed by atoms with Crippen molar-refractivity contribution in [3.8, 4) is 0 Å². The summed E-state index contributed by atoms with van der Waals surface area (Å²) in [4.78, 5) is 0. The van der Waals surface area contributed by atoms with Crippen molar-refractivity contribution < 1.29 is 13.2 Å². The summed E-state index contributed by atoms with van der Waals surface area (Å²) in [5.74, 6) is 0.592. The molecule has 2 fully saturated rings. The Kier molecular flexibility index (Phi) is 2.57. The molecule has 1 N–H and O–H groups in total. The molecule has 5 heteroatoms. The first-order valence-electron chi connectivity index (χ1n) is 5.08. The third-order valence-corrected chi connectivity index (χ3v) is 4.78. The third-order valence-electron chi connectivity index (χ3n) is 2.96. The van der Waals surface area contributed by atoms with Crippen LogP contribution in [0.4, 0.5) is 0 Å². The highest BCUT2D eigenvalue weighted by Crippen LogP contribution is 2.22. The normalized spacial score (nSPS) is 42.3. The molecular weight excluding hydrogens is 202 g/mol. The fraction of sp³-hybridized carbons (Fsp3) is 1.00. The smallest absolute Gasteiger partial charge is 0.153 e. The van der Waals surface area contributed by atoms with Crippen molar-refractivity contribution in [2.24, 2.45) is 0 Å². The van der Waals surface area contributed by atoms with Gasteiger partial charge in [0, 0.05) is 12.1 Å². The number of hydrogen-bond acceptors (Lipinski definition) is 4. The minimum absolute atomic E-state index is 0.154. The van der Waals surface area contributed by atoms with Crippen molar-refractivity contribution in [2.75, 3.05) is 11.5 Å². The SMILES string of the molecule is CC1CC(NC2CS(=O)(=O)C2)C(C)O1. The fourth-order valence-corrected chi connectivity index (χ4v) is 3.55. The molecule has 0 aliphatic carbocycles. The van der Waals surface area contributed by atoms with Crippen LogP contribution < -0.4 is 5.32 Å². The lowest BCUT2D eigenvalue weighted by molar-refractivity contribution is 0.0598. The van der Waals surface area contributed by atoms with Crippen molar-refractivity contribution in [1.29, 1.82) is 0 Å². The third kappa shape index (κ3) is 2.10. The number of hydrogen-bond donors (Lipinski definition) is 1. The van der Waals surface area contributed by atoms with Crippen LogP contribution in [-0.2, 0) is 14.6 Å². The predicted octanol–water partition coefficient (Wildman–Crippen LogP) is -0.0611. The van der Waals surface area contributed by atoms with Crippen molar-refractivity contribution in [3.05, 3.63) is 0 Å². The summed E-state index contributed by atoms with van der Waals surface area (Å²) < 4.78 is 27.5. The fourth-order valence-electron chi connectivity index (χ4n) is 2.23. The molecule has 4 nitrogen and oxygen atoms in total. The van der Waals surface area contributed by atoms with Gasteiger partial charge < -0.3 is 10.1 Å². The van der Waals surface area contributed by atoms with E-state index in [0.29, 0.717) is 23.7 Å². The Hall–Kier alpha value is -0.130. The quantitative estimate of drug-likeness (QED) is 0.707. The molecule has 0 aromatic heterocycles. The first-order chi connectivity index (χ1) is 6.46. The summed E-state index contributed by atoms with van der Waals surface area (Å²) in [5, 5.41) is 3.35. The summed E-state index contributed by atoms with van der Waals surface area (Å²) in [6.45, 7) is 4.09. The monoisotopic (exact) mass is 219 g/mol. The number of nitrogens with one attached hydrogen (secondary N) is 1. The molecule has 3 atom stereocenters. The van der Waals surface area contributed by atoms with Gasteiger partial charge >= 0.3 is 0 Å². The van der Waals surface area contributed by atoms with Crippen LogP contribution >= 0.6 is 0 Å². The molecule has 0 saturated carbocycles. The summed E-state index contributed by atoms with van der Waals surface area (Å²) in [7, 11) is -2.71. The molecule has 2 rings (SSSR count). The summed E-state index contributed by atoms with van der Waals surface area (Å²) >= 11 is 0. The summed E-state index contributed by atoms with van der Waals surface area (Å²) in [6.07, 6.45) is 1.48. The molecule has 0 aromatic rings. The molecule has 0 amide bonds. The van der Waals surface area contributed by atoms with Gasteiger partial charge in [0.25, 0.3) is 0 Å². The second kappa shape index (κ2) is 3.47. The molecule has 0 bridgehead atoms. The van der Waals surface area contributed by atoms with E-state index >= 15 is 0 Å². The number of rotatable bonds is 2. The van der Waals surface area contributed by atoms with Gasteiger partial charge in [0.2, 0.25) is 0 Å². The van der Waals surface area contributed by atoms with Gasteiger partial charge in [-0.1, -0.05) is 0 Å². The van der Waals surface area contributed by atoms with E-state index in [2.05, 4.69) is 12.2 Å². The van der Waals surface area contributed by atoms with Gasteiger partial charge in [0.05, 0.1) is 23.7 Å². The van der Waals surface area contributed by atoms with E-state index in [-0.39, 0.29) is 12.1 Å². The number of sulfone groups is 1. The predicted molar refractivity (Wildman–Crippen MR) is 54.0 cm³/mol. The van der Waals surface area contributed by atoms with Crippen LogP contribution in [0.3, 0.4) is 0 Å². The first kappa shape index (κ1) is 10.4. The Morgan fingerprint density at radius 1 is 1.29 bits per heavy atom. The van der Waals surface area contributed by atoms with Crippen LogP contribution in [0.15, 0.2) is 0 Å². The van der Waals surface area contributed by atoms with Gasteiger partial charge in [-0.3, -0.25) is 0 Å². The zero-order chi connectivity index (χ0) is 10.3. The maximum Gasteiger partial charge on any atom is 0.153 e. The van der Waals surface area contributed by atoms with Crippen molar-refractivity contribution in [3.63, 3.8) is 0 Å². The second-order valence-corrected chi connectivity index (χ2v) is 6.59. The van der Waals surface area contributed by atoms with E-state index in [4.69, 9.17) is 4.74 Å². The van der Waals surface area contributed by atoms with E-state index in [1.807, 2.05) is 6.92 Å². The lowest BCUT2D eigenvalue weighted by atomic mass is 10.1. The van der Waals surface area contributed by atoms with Crippen molar-refractivity contribution >= 4 is 9.84 Å². The molecule has 0 spiro atoms. The zero-order valence-corrected chi connectivity index (χ0v) is 9.38. The Balaban J connectivity index is 1.82. The van der Waals surface area contributed by atoms with E-state index in [9.17, 15) is 8.42 Å². The molecule has 82 valence electrons. The average molecular weight is 219 g/mol. The van der Waals surface area contributed by atoms with Gasteiger partial charge in [0.15, 0.2) is 9.84 Å². The Morgan fingerprint density at radius 2 is 1.93 bits per heavy atom. The van der Waals surface area contributed by atoms with Gasteiger partial charge in [-0.2, -0.15) is 0 Å². The molecule has 3 unspecified atom stereocenters. The Morgan fingerprint density at radius 3 is 2.36 bits per heavy atom. The maximum absolute atomic E-state index is 10.9. The lowest BCUT2D eigenvalue weighted by Gasteiger charge is -2.30. The van der Waals surface area contributed by atoms with Gasteiger partial charge in [0.1, 0.15) is 0 Å².